The van der Waals surface area contributed by atoms with Crippen molar-refractivity contribution in [3.8, 4) is 0 Å². The summed E-state index contributed by atoms with van der Waals surface area (Å²) >= 11 is 0. The highest BCUT2D eigenvalue weighted by atomic mass is 16.2. The van der Waals surface area contributed by atoms with Crippen LogP contribution in [-0.2, 0) is 9.59 Å². The molecule has 3 saturated heterocycles. The molecule has 0 aromatic heterocycles. The molecule has 2 atom stereocenters. The third-order valence-electron chi connectivity index (χ3n) is 6.85. The van der Waals surface area contributed by atoms with E-state index in [1.807, 2.05) is 40.1 Å². The number of carbonyl (C=O) groups excluding carboxylic acids is 3. The Labute approximate surface area is 172 Å². The van der Waals surface area contributed by atoms with Gasteiger partial charge in [0.25, 0.3) is 0 Å². The molecule has 156 valence electrons. The molecule has 3 heterocycles. The molecule has 3 aliphatic rings. The fraction of sp³-hybridized carbons (Fsp3) is 0.591. The maximum atomic E-state index is 13.6. The van der Waals surface area contributed by atoms with E-state index in [1.54, 1.807) is 11.8 Å². The van der Waals surface area contributed by atoms with Gasteiger partial charge in [0.15, 0.2) is 0 Å². The molecular formula is C22H30N4O3. The van der Waals surface area contributed by atoms with Crippen LogP contribution in [0.5, 0.6) is 0 Å². The molecule has 4 amide bonds. The van der Waals surface area contributed by atoms with Crippen LogP contribution < -0.4 is 5.32 Å². The van der Waals surface area contributed by atoms with Crippen LogP contribution in [0.4, 0.5) is 10.5 Å². The Kier molecular flexibility index (Phi) is 5.48. The summed E-state index contributed by atoms with van der Waals surface area (Å²) in [6, 6.07) is 9.14. The molecular weight excluding hydrogens is 368 g/mol. The summed E-state index contributed by atoms with van der Waals surface area (Å²) in [6.45, 7) is 4.91. The molecule has 0 saturated carbocycles. The Morgan fingerprint density at radius 3 is 2.31 bits per heavy atom. The van der Waals surface area contributed by atoms with E-state index in [4.69, 9.17) is 0 Å². The van der Waals surface area contributed by atoms with Gasteiger partial charge in [-0.2, -0.15) is 0 Å². The maximum Gasteiger partial charge on any atom is 0.321 e. The van der Waals surface area contributed by atoms with Gasteiger partial charge >= 0.3 is 6.03 Å². The van der Waals surface area contributed by atoms with Gasteiger partial charge in [0.05, 0.1) is 5.41 Å². The van der Waals surface area contributed by atoms with Crippen molar-refractivity contribution in [1.82, 2.24) is 14.7 Å². The van der Waals surface area contributed by atoms with Crippen LogP contribution in [0.3, 0.4) is 0 Å². The van der Waals surface area contributed by atoms with Crippen molar-refractivity contribution in [3.63, 3.8) is 0 Å². The van der Waals surface area contributed by atoms with E-state index in [0.717, 1.165) is 31.6 Å². The van der Waals surface area contributed by atoms with Crippen molar-refractivity contribution in [3.05, 3.63) is 30.3 Å². The average molecular weight is 399 g/mol. The van der Waals surface area contributed by atoms with Crippen LogP contribution in [-0.4, -0.2) is 71.3 Å². The lowest BCUT2D eigenvalue weighted by Crippen LogP contribution is -2.51. The number of rotatable bonds is 2. The number of nitrogens with one attached hydrogen (secondary N) is 1. The van der Waals surface area contributed by atoms with Gasteiger partial charge in [-0.25, -0.2) is 4.79 Å². The van der Waals surface area contributed by atoms with Crippen molar-refractivity contribution >= 4 is 23.5 Å². The number of para-hydroxylation sites is 1. The summed E-state index contributed by atoms with van der Waals surface area (Å²) in [4.78, 5) is 44.3. The van der Waals surface area contributed by atoms with E-state index >= 15 is 0 Å². The lowest BCUT2D eigenvalue weighted by molar-refractivity contribution is -0.144. The Hall–Kier alpha value is -2.57. The first-order valence-electron chi connectivity index (χ1n) is 10.7. The number of amides is 4. The fourth-order valence-electron chi connectivity index (χ4n) is 5.28. The molecule has 29 heavy (non-hydrogen) atoms. The molecule has 4 rings (SSSR count). The zero-order valence-corrected chi connectivity index (χ0v) is 17.1. The molecule has 0 bridgehead atoms. The lowest BCUT2D eigenvalue weighted by Gasteiger charge is -2.37. The van der Waals surface area contributed by atoms with Crippen LogP contribution >= 0.6 is 0 Å². The zero-order chi connectivity index (χ0) is 20.4. The predicted molar refractivity (Wildman–Crippen MR) is 110 cm³/mol. The first kappa shape index (κ1) is 19.7. The number of likely N-dealkylation sites (tertiary alicyclic amines) is 3. The van der Waals surface area contributed by atoms with Crippen LogP contribution in [0.25, 0.3) is 0 Å². The summed E-state index contributed by atoms with van der Waals surface area (Å²) in [5.41, 5.74) is 0.202. The Morgan fingerprint density at radius 2 is 1.62 bits per heavy atom. The van der Waals surface area contributed by atoms with Gasteiger partial charge in [0.2, 0.25) is 11.8 Å². The molecule has 1 aromatic rings. The maximum absolute atomic E-state index is 13.6. The summed E-state index contributed by atoms with van der Waals surface area (Å²) in [5, 5.41) is 2.95. The second-order valence-electron chi connectivity index (χ2n) is 8.46. The second kappa shape index (κ2) is 8.05. The van der Waals surface area contributed by atoms with Gasteiger partial charge in [0.1, 0.15) is 0 Å². The van der Waals surface area contributed by atoms with Crippen molar-refractivity contribution < 1.29 is 14.4 Å². The highest BCUT2D eigenvalue weighted by molar-refractivity contribution is 5.90. The Morgan fingerprint density at radius 1 is 0.931 bits per heavy atom. The van der Waals surface area contributed by atoms with Crippen molar-refractivity contribution in [1.29, 1.82) is 0 Å². The number of hydrogen-bond donors (Lipinski definition) is 1. The minimum Gasteiger partial charge on any atom is -0.342 e. The third kappa shape index (κ3) is 3.70. The number of nitrogens with zero attached hydrogens (tertiary/aromatic N) is 3. The molecule has 0 spiro atoms. The van der Waals surface area contributed by atoms with Crippen molar-refractivity contribution in [2.24, 2.45) is 5.41 Å². The molecule has 3 fully saturated rings. The summed E-state index contributed by atoms with van der Waals surface area (Å²) in [7, 11) is 0. The monoisotopic (exact) mass is 398 g/mol. The van der Waals surface area contributed by atoms with Crippen LogP contribution in [0.1, 0.15) is 39.0 Å². The lowest BCUT2D eigenvalue weighted by atomic mass is 9.75. The van der Waals surface area contributed by atoms with Gasteiger partial charge < -0.3 is 20.0 Å². The van der Waals surface area contributed by atoms with Crippen LogP contribution in [0, 0.1) is 5.41 Å². The minimum atomic E-state index is -0.558. The van der Waals surface area contributed by atoms with Crippen molar-refractivity contribution in [2.75, 3.05) is 38.0 Å². The average Bonchev–Trinajstić information content (AvgIpc) is 3.33. The fourth-order valence-corrected chi connectivity index (χ4v) is 5.28. The van der Waals surface area contributed by atoms with E-state index in [1.165, 1.54) is 0 Å². The molecule has 0 unspecified atom stereocenters. The summed E-state index contributed by atoms with van der Waals surface area (Å²) in [5.74, 6) is 0.211. The SMILES string of the molecule is CC(=O)N1CC[C@]2(C(=O)N3CCCC3)CCN(C(=O)Nc3ccccc3)CC[C@H]12. The second-order valence-corrected chi connectivity index (χ2v) is 8.46. The van der Waals surface area contributed by atoms with Gasteiger partial charge in [-0.05, 0) is 44.2 Å². The standard InChI is InChI=1S/C22H30N4O3/c1-17(27)26-16-11-22(20(28)24-12-5-6-13-24)10-15-25(14-9-19(22)26)21(29)23-18-7-3-2-4-8-18/h2-4,7-8,19H,5-6,9-16H2,1H3,(H,23,29)/t19-,22+/m0/s1. The Bertz CT molecular complexity index is 778. The first-order valence-corrected chi connectivity index (χ1v) is 10.7. The quantitative estimate of drug-likeness (QED) is 0.832. The van der Waals surface area contributed by atoms with Gasteiger partial charge in [-0.1, -0.05) is 18.2 Å². The van der Waals surface area contributed by atoms with E-state index in [2.05, 4.69) is 5.32 Å². The largest absolute Gasteiger partial charge is 0.342 e. The van der Waals surface area contributed by atoms with Gasteiger partial charge in [-0.15, -0.1) is 0 Å². The first-order chi connectivity index (χ1) is 14.0. The number of anilines is 1. The molecule has 7 nitrogen and oxygen atoms in total. The van der Waals surface area contributed by atoms with E-state index in [0.29, 0.717) is 38.9 Å². The highest BCUT2D eigenvalue weighted by Gasteiger charge is 2.55. The number of hydrogen-bond acceptors (Lipinski definition) is 3. The smallest absolute Gasteiger partial charge is 0.321 e. The van der Waals surface area contributed by atoms with Gasteiger partial charge in [-0.3, -0.25) is 9.59 Å². The normalized spacial score (nSPS) is 26.8. The molecule has 1 N–H and O–H groups in total. The van der Waals surface area contributed by atoms with Crippen LogP contribution in [0.2, 0.25) is 0 Å². The van der Waals surface area contributed by atoms with Crippen LogP contribution in [0.15, 0.2) is 30.3 Å². The van der Waals surface area contributed by atoms with E-state index in [-0.39, 0.29) is 23.9 Å². The molecule has 0 aliphatic carbocycles. The highest BCUT2D eigenvalue weighted by Crippen LogP contribution is 2.45. The number of urea groups is 1. The zero-order valence-electron chi connectivity index (χ0n) is 17.1. The molecule has 1 aromatic carbocycles. The van der Waals surface area contributed by atoms with Crippen molar-refractivity contribution in [2.45, 2.75) is 45.1 Å². The number of carbonyl (C=O) groups is 3. The van der Waals surface area contributed by atoms with E-state index < -0.39 is 5.41 Å². The predicted octanol–water partition coefficient (Wildman–Crippen LogP) is 2.54. The minimum absolute atomic E-state index is 0.0216. The molecule has 0 radical (unpaired) electrons. The molecule has 7 heteroatoms. The topological polar surface area (TPSA) is 73.0 Å². The Balaban J connectivity index is 1.54. The summed E-state index contributed by atoms with van der Waals surface area (Å²) in [6.07, 6.45) is 4.05. The summed E-state index contributed by atoms with van der Waals surface area (Å²) < 4.78 is 0. The number of benzene rings is 1. The molecule has 3 aliphatic heterocycles. The third-order valence-corrected chi connectivity index (χ3v) is 6.85. The number of fused-ring (bicyclic) bond motifs is 1. The van der Waals surface area contributed by atoms with E-state index in [9.17, 15) is 14.4 Å². The van der Waals surface area contributed by atoms with Gasteiger partial charge in [0, 0.05) is 51.4 Å².